The van der Waals surface area contributed by atoms with E-state index >= 15 is 0 Å². The molecule has 3 heterocycles. The van der Waals surface area contributed by atoms with Crippen LogP contribution in [0.15, 0.2) is 72.8 Å². The van der Waals surface area contributed by atoms with Crippen molar-refractivity contribution >= 4 is 28.0 Å². The van der Waals surface area contributed by atoms with Gasteiger partial charge in [-0.1, -0.05) is 60.7 Å². The summed E-state index contributed by atoms with van der Waals surface area (Å²) in [6, 6.07) is 24.8. The van der Waals surface area contributed by atoms with Crippen molar-refractivity contribution in [3.05, 3.63) is 89.9 Å². The zero-order valence-electron chi connectivity index (χ0n) is 19.8. The van der Waals surface area contributed by atoms with Gasteiger partial charge in [-0.2, -0.15) is 5.10 Å². The lowest BCUT2D eigenvalue weighted by Crippen LogP contribution is -2.49. The zero-order chi connectivity index (χ0) is 23.9. The van der Waals surface area contributed by atoms with Gasteiger partial charge in [0, 0.05) is 31.9 Å². The molecule has 1 saturated heterocycles. The number of amides is 1. The van der Waals surface area contributed by atoms with Gasteiger partial charge in [0.15, 0.2) is 11.3 Å². The number of fused-ring (bicyclic) bond motifs is 2. The number of hydrogen-bond donors (Lipinski definition) is 0. The van der Waals surface area contributed by atoms with Gasteiger partial charge in [0.1, 0.15) is 0 Å². The topological polar surface area (TPSA) is 66.6 Å². The molecule has 0 N–H and O–H groups in total. The first kappa shape index (κ1) is 21.3. The first-order chi connectivity index (χ1) is 17.1. The predicted molar refractivity (Wildman–Crippen MR) is 138 cm³/mol. The van der Waals surface area contributed by atoms with Crippen LogP contribution >= 0.6 is 0 Å². The number of carbonyl (C=O) groups is 1. The van der Waals surface area contributed by atoms with Crippen LogP contribution < -0.4 is 4.90 Å². The second-order valence-corrected chi connectivity index (χ2v) is 8.97. The van der Waals surface area contributed by atoms with E-state index in [9.17, 15) is 4.79 Å². The quantitative estimate of drug-likeness (QED) is 0.394. The third kappa shape index (κ3) is 3.60. The van der Waals surface area contributed by atoms with Crippen molar-refractivity contribution in [2.45, 2.75) is 13.8 Å². The minimum Gasteiger partial charge on any atom is -0.368 e. The molecular formula is C28H26N6O. The Kier molecular flexibility index (Phi) is 5.17. The van der Waals surface area contributed by atoms with E-state index < -0.39 is 0 Å². The highest BCUT2D eigenvalue weighted by atomic mass is 16.2. The van der Waals surface area contributed by atoms with E-state index in [4.69, 9.17) is 5.10 Å². The van der Waals surface area contributed by atoms with Gasteiger partial charge in [-0.05, 0) is 42.3 Å². The van der Waals surface area contributed by atoms with Crippen LogP contribution in [0, 0.1) is 13.8 Å². The average molecular weight is 463 g/mol. The van der Waals surface area contributed by atoms with Crippen molar-refractivity contribution in [3.8, 4) is 11.1 Å². The molecule has 0 unspecified atom stereocenters. The number of benzene rings is 3. The Bertz CT molecular complexity index is 1550. The van der Waals surface area contributed by atoms with E-state index in [1.807, 2.05) is 55.1 Å². The van der Waals surface area contributed by atoms with Gasteiger partial charge >= 0.3 is 0 Å². The van der Waals surface area contributed by atoms with E-state index in [2.05, 4.69) is 51.5 Å². The lowest BCUT2D eigenvalue weighted by Gasteiger charge is -2.36. The molecule has 0 bridgehead atoms. The largest absolute Gasteiger partial charge is 0.368 e. The SMILES string of the molecule is Cc1nn2c(C)c(C(=O)N3CCN(c4ccccc4)CC3)nnc2c1-c1cccc2ccccc12. The lowest BCUT2D eigenvalue weighted by atomic mass is 9.98. The Labute approximate surface area is 203 Å². The molecular weight excluding hydrogens is 436 g/mol. The van der Waals surface area contributed by atoms with Crippen LogP contribution in [0.1, 0.15) is 21.9 Å². The molecule has 0 atom stereocenters. The van der Waals surface area contributed by atoms with E-state index in [1.54, 1.807) is 4.52 Å². The van der Waals surface area contributed by atoms with Crippen LogP contribution in [0.3, 0.4) is 0 Å². The van der Waals surface area contributed by atoms with Gasteiger partial charge in [-0.25, -0.2) is 4.52 Å². The minimum absolute atomic E-state index is 0.0931. The van der Waals surface area contributed by atoms with Gasteiger partial charge in [0.2, 0.25) is 0 Å². The number of nitrogens with zero attached hydrogens (tertiary/aromatic N) is 6. The number of aromatic nitrogens is 4. The van der Waals surface area contributed by atoms with Crippen molar-refractivity contribution in [3.63, 3.8) is 0 Å². The lowest BCUT2D eigenvalue weighted by molar-refractivity contribution is 0.0738. The van der Waals surface area contributed by atoms with Gasteiger partial charge in [-0.3, -0.25) is 4.79 Å². The predicted octanol–water partition coefficient (Wildman–Crippen LogP) is 4.52. The second kappa shape index (κ2) is 8.51. The number of hydrogen-bond acceptors (Lipinski definition) is 5. The van der Waals surface area contributed by atoms with Crippen molar-refractivity contribution in [2.24, 2.45) is 0 Å². The van der Waals surface area contributed by atoms with Gasteiger partial charge in [0.05, 0.1) is 17.0 Å². The maximum atomic E-state index is 13.4. The molecule has 0 spiro atoms. The fourth-order valence-electron chi connectivity index (χ4n) is 5.02. The molecule has 35 heavy (non-hydrogen) atoms. The van der Waals surface area contributed by atoms with Crippen LogP contribution in [0.2, 0.25) is 0 Å². The van der Waals surface area contributed by atoms with Crippen LogP contribution in [0.4, 0.5) is 5.69 Å². The number of aryl methyl sites for hydroxylation is 2. The maximum absolute atomic E-state index is 13.4. The van der Waals surface area contributed by atoms with E-state index in [0.717, 1.165) is 40.7 Å². The van der Waals surface area contributed by atoms with Crippen molar-refractivity contribution in [2.75, 3.05) is 31.1 Å². The van der Waals surface area contributed by atoms with Crippen LogP contribution in [-0.2, 0) is 0 Å². The first-order valence-electron chi connectivity index (χ1n) is 11.9. The van der Waals surface area contributed by atoms with E-state index in [1.165, 1.54) is 5.69 Å². The summed E-state index contributed by atoms with van der Waals surface area (Å²) in [5, 5.41) is 16.0. The summed E-state index contributed by atoms with van der Waals surface area (Å²) in [7, 11) is 0. The highest BCUT2D eigenvalue weighted by Gasteiger charge is 2.27. The van der Waals surface area contributed by atoms with Gasteiger partial charge in [0.25, 0.3) is 5.91 Å². The smallest absolute Gasteiger partial charge is 0.276 e. The third-order valence-corrected chi connectivity index (χ3v) is 6.89. The molecule has 2 aromatic heterocycles. The molecule has 1 fully saturated rings. The molecule has 5 aromatic rings. The fourth-order valence-corrected chi connectivity index (χ4v) is 5.02. The summed E-state index contributed by atoms with van der Waals surface area (Å²) in [5.74, 6) is -0.0931. The zero-order valence-corrected chi connectivity index (χ0v) is 19.8. The molecule has 0 radical (unpaired) electrons. The molecule has 7 nitrogen and oxygen atoms in total. The Morgan fingerprint density at radius 1 is 0.800 bits per heavy atom. The molecule has 0 saturated carbocycles. The van der Waals surface area contributed by atoms with E-state index in [0.29, 0.717) is 30.1 Å². The third-order valence-electron chi connectivity index (χ3n) is 6.89. The van der Waals surface area contributed by atoms with Gasteiger partial charge < -0.3 is 9.80 Å². The molecule has 1 aliphatic heterocycles. The molecule has 6 rings (SSSR count). The monoisotopic (exact) mass is 462 g/mol. The Hall–Kier alpha value is -4.26. The Morgan fingerprint density at radius 2 is 1.51 bits per heavy atom. The Balaban J connectivity index is 1.32. The summed E-state index contributed by atoms with van der Waals surface area (Å²) in [4.78, 5) is 17.6. The van der Waals surface area contributed by atoms with Crippen LogP contribution in [-0.4, -0.2) is 56.8 Å². The number of anilines is 1. The first-order valence-corrected chi connectivity index (χ1v) is 11.9. The van der Waals surface area contributed by atoms with Crippen LogP contribution in [0.5, 0.6) is 0 Å². The summed E-state index contributed by atoms with van der Waals surface area (Å²) in [6.45, 7) is 6.75. The Morgan fingerprint density at radius 3 is 2.31 bits per heavy atom. The number of piperazine rings is 1. The molecule has 7 heteroatoms. The van der Waals surface area contributed by atoms with Gasteiger partial charge in [-0.15, -0.1) is 10.2 Å². The van der Waals surface area contributed by atoms with E-state index in [-0.39, 0.29) is 5.91 Å². The van der Waals surface area contributed by atoms with Crippen molar-refractivity contribution in [1.82, 2.24) is 24.7 Å². The number of carbonyl (C=O) groups excluding carboxylic acids is 1. The summed E-state index contributed by atoms with van der Waals surface area (Å²) >= 11 is 0. The second-order valence-electron chi connectivity index (χ2n) is 8.97. The summed E-state index contributed by atoms with van der Waals surface area (Å²) in [6.07, 6.45) is 0. The fraction of sp³-hybridized carbons (Fsp3) is 0.214. The molecule has 1 amide bonds. The molecule has 1 aliphatic rings. The standard InChI is InChI=1S/C28H26N6O/c1-19-25(24-14-8-10-21-9-6-7-13-23(21)24)27-30-29-26(20(2)34(27)31-19)28(35)33-17-15-32(16-18-33)22-11-4-3-5-12-22/h3-14H,15-18H2,1-2H3. The minimum atomic E-state index is -0.0931. The molecule has 0 aliphatic carbocycles. The highest BCUT2D eigenvalue weighted by Crippen LogP contribution is 2.33. The average Bonchev–Trinajstić information content (AvgIpc) is 3.25. The summed E-state index contributed by atoms with van der Waals surface area (Å²) < 4.78 is 1.77. The number of para-hydroxylation sites is 1. The molecule has 174 valence electrons. The van der Waals surface area contributed by atoms with Crippen molar-refractivity contribution in [1.29, 1.82) is 0 Å². The number of rotatable bonds is 3. The molecule has 3 aromatic carbocycles. The summed E-state index contributed by atoms with van der Waals surface area (Å²) in [5.41, 5.74) is 5.80. The normalized spacial score (nSPS) is 14.1. The van der Waals surface area contributed by atoms with Crippen LogP contribution in [0.25, 0.3) is 27.5 Å². The van der Waals surface area contributed by atoms with Crippen molar-refractivity contribution < 1.29 is 4.79 Å². The highest BCUT2D eigenvalue weighted by molar-refractivity contribution is 6.00. The maximum Gasteiger partial charge on any atom is 0.276 e.